The minimum atomic E-state index is -4.35. The average molecular weight is 232 g/mol. The Kier molecular flexibility index (Phi) is 3.57. The number of halogens is 3. The molecular formula is C11H11F3O2. The average Bonchev–Trinajstić information content (AvgIpc) is 2.13. The van der Waals surface area contributed by atoms with Gasteiger partial charge in [-0.05, 0) is 37.6 Å². The highest BCUT2D eigenvalue weighted by atomic mass is 19.4. The summed E-state index contributed by atoms with van der Waals surface area (Å²) in [7, 11) is 0. The van der Waals surface area contributed by atoms with Crippen LogP contribution in [-0.4, -0.2) is 18.6 Å². The number of hydrogen-bond donors (Lipinski definition) is 0. The smallest absolute Gasteiger partial charge is 0.422 e. The normalized spacial score (nSPS) is 11.3. The summed E-state index contributed by atoms with van der Waals surface area (Å²) in [5, 5.41) is 0. The van der Waals surface area contributed by atoms with Crippen LogP contribution >= 0.6 is 0 Å². The van der Waals surface area contributed by atoms with Crippen molar-refractivity contribution in [2.45, 2.75) is 20.0 Å². The van der Waals surface area contributed by atoms with Crippen molar-refractivity contribution in [2.75, 3.05) is 6.61 Å². The van der Waals surface area contributed by atoms with Crippen molar-refractivity contribution < 1.29 is 22.7 Å². The maximum atomic E-state index is 11.9. The van der Waals surface area contributed by atoms with E-state index in [0.29, 0.717) is 11.1 Å². The molecule has 0 aliphatic carbocycles. The summed E-state index contributed by atoms with van der Waals surface area (Å²) >= 11 is 0. The molecule has 0 fully saturated rings. The summed E-state index contributed by atoms with van der Waals surface area (Å²) in [4.78, 5) is 11.1. The number of ketones is 1. The maximum Gasteiger partial charge on any atom is 0.422 e. The fraction of sp³-hybridized carbons (Fsp3) is 0.364. The molecule has 0 unspecified atom stereocenters. The maximum absolute atomic E-state index is 11.9. The number of Topliss-reactive ketones (excluding diaryl/α,β-unsaturated/α-hetero) is 1. The van der Waals surface area contributed by atoms with Crippen molar-refractivity contribution in [3.05, 3.63) is 29.3 Å². The van der Waals surface area contributed by atoms with Crippen LogP contribution in [0.4, 0.5) is 13.2 Å². The van der Waals surface area contributed by atoms with E-state index in [2.05, 4.69) is 4.74 Å². The van der Waals surface area contributed by atoms with Crippen molar-refractivity contribution in [3.8, 4) is 5.75 Å². The molecule has 0 heterocycles. The van der Waals surface area contributed by atoms with Gasteiger partial charge in [-0.2, -0.15) is 13.2 Å². The summed E-state index contributed by atoms with van der Waals surface area (Å²) in [6.07, 6.45) is -4.35. The molecule has 1 aromatic rings. The van der Waals surface area contributed by atoms with Gasteiger partial charge < -0.3 is 4.74 Å². The van der Waals surface area contributed by atoms with Crippen LogP contribution in [0.5, 0.6) is 5.75 Å². The van der Waals surface area contributed by atoms with Crippen molar-refractivity contribution >= 4 is 5.78 Å². The van der Waals surface area contributed by atoms with Gasteiger partial charge in [0.05, 0.1) is 0 Å². The first-order chi connectivity index (χ1) is 7.29. The van der Waals surface area contributed by atoms with E-state index < -0.39 is 12.8 Å². The van der Waals surface area contributed by atoms with E-state index in [0.717, 1.165) is 0 Å². The van der Waals surface area contributed by atoms with Crippen LogP contribution in [-0.2, 0) is 0 Å². The molecule has 0 atom stereocenters. The van der Waals surface area contributed by atoms with Crippen LogP contribution in [0.2, 0.25) is 0 Å². The first kappa shape index (κ1) is 12.5. The summed E-state index contributed by atoms with van der Waals surface area (Å²) in [6.45, 7) is 1.72. The Balaban J connectivity index is 2.78. The van der Waals surface area contributed by atoms with Crippen molar-refractivity contribution in [2.24, 2.45) is 0 Å². The predicted molar refractivity (Wildman–Crippen MR) is 52.7 cm³/mol. The molecular weight excluding hydrogens is 221 g/mol. The number of alkyl halides is 3. The summed E-state index contributed by atoms with van der Waals surface area (Å²) < 4.78 is 40.2. The number of hydrogen-bond acceptors (Lipinski definition) is 2. The fourth-order valence-corrected chi connectivity index (χ4v) is 1.29. The molecule has 88 valence electrons. The second-order valence-corrected chi connectivity index (χ2v) is 3.44. The van der Waals surface area contributed by atoms with Crippen LogP contribution in [0.25, 0.3) is 0 Å². The van der Waals surface area contributed by atoms with E-state index in [1.807, 2.05) is 0 Å². The Bertz CT molecular complexity index is 397. The molecule has 2 nitrogen and oxygen atoms in total. The first-order valence-corrected chi connectivity index (χ1v) is 4.61. The molecule has 0 aliphatic rings. The Morgan fingerprint density at radius 2 is 2.00 bits per heavy atom. The molecule has 1 rings (SSSR count). The van der Waals surface area contributed by atoms with Gasteiger partial charge >= 0.3 is 6.18 Å². The third kappa shape index (κ3) is 3.56. The fourth-order valence-electron chi connectivity index (χ4n) is 1.29. The quantitative estimate of drug-likeness (QED) is 0.748. The zero-order chi connectivity index (χ0) is 12.3. The minimum Gasteiger partial charge on any atom is -0.484 e. The van der Waals surface area contributed by atoms with Crippen molar-refractivity contribution in [3.63, 3.8) is 0 Å². The third-order valence-corrected chi connectivity index (χ3v) is 1.98. The van der Waals surface area contributed by atoms with E-state index in [9.17, 15) is 18.0 Å². The van der Waals surface area contributed by atoms with Gasteiger partial charge in [-0.1, -0.05) is 0 Å². The monoisotopic (exact) mass is 232 g/mol. The van der Waals surface area contributed by atoms with Crippen LogP contribution in [0.15, 0.2) is 18.2 Å². The second-order valence-electron chi connectivity index (χ2n) is 3.44. The molecule has 0 aromatic heterocycles. The lowest BCUT2D eigenvalue weighted by Crippen LogP contribution is -2.19. The van der Waals surface area contributed by atoms with Gasteiger partial charge in [0.25, 0.3) is 0 Å². The van der Waals surface area contributed by atoms with E-state index in [1.54, 1.807) is 6.92 Å². The van der Waals surface area contributed by atoms with Gasteiger partial charge in [-0.3, -0.25) is 4.79 Å². The van der Waals surface area contributed by atoms with Crippen LogP contribution in [0.3, 0.4) is 0 Å². The molecule has 16 heavy (non-hydrogen) atoms. The number of benzene rings is 1. The van der Waals surface area contributed by atoms with Gasteiger partial charge in [-0.15, -0.1) is 0 Å². The Labute approximate surface area is 91.0 Å². The van der Waals surface area contributed by atoms with Gasteiger partial charge in [0.2, 0.25) is 0 Å². The zero-order valence-electron chi connectivity index (χ0n) is 8.89. The molecule has 0 spiro atoms. The van der Waals surface area contributed by atoms with E-state index in [-0.39, 0.29) is 11.5 Å². The third-order valence-electron chi connectivity index (χ3n) is 1.98. The highest BCUT2D eigenvalue weighted by Gasteiger charge is 2.28. The number of rotatable bonds is 3. The summed E-state index contributed by atoms with van der Waals surface area (Å²) in [5.74, 6) is -0.0142. The number of ether oxygens (including phenoxy) is 1. The Morgan fingerprint density at radius 3 is 2.44 bits per heavy atom. The highest BCUT2D eigenvalue weighted by Crippen LogP contribution is 2.21. The lowest BCUT2D eigenvalue weighted by atomic mass is 10.1. The van der Waals surface area contributed by atoms with Crippen molar-refractivity contribution in [1.82, 2.24) is 0 Å². The minimum absolute atomic E-state index is 0.111. The molecule has 0 bridgehead atoms. The lowest BCUT2D eigenvalue weighted by Gasteiger charge is -2.10. The largest absolute Gasteiger partial charge is 0.484 e. The molecule has 0 saturated heterocycles. The Morgan fingerprint density at radius 1 is 1.38 bits per heavy atom. The van der Waals surface area contributed by atoms with Crippen molar-refractivity contribution in [1.29, 1.82) is 0 Å². The van der Waals surface area contributed by atoms with Gasteiger partial charge in [0, 0.05) is 5.56 Å². The molecule has 0 amide bonds. The van der Waals surface area contributed by atoms with Crippen LogP contribution < -0.4 is 4.74 Å². The SMILES string of the molecule is CC(=O)c1ccc(OCC(F)(F)F)cc1C. The first-order valence-electron chi connectivity index (χ1n) is 4.61. The molecule has 0 N–H and O–H groups in total. The number of carbonyl (C=O) groups excluding carboxylic acids is 1. The molecule has 0 saturated carbocycles. The zero-order valence-corrected chi connectivity index (χ0v) is 8.89. The van der Waals surface area contributed by atoms with E-state index in [1.165, 1.54) is 25.1 Å². The van der Waals surface area contributed by atoms with E-state index >= 15 is 0 Å². The van der Waals surface area contributed by atoms with Crippen LogP contribution in [0, 0.1) is 6.92 Å². The van der Waals surface area contributed by atoms with Crippen LogP contribution in [0.1, 0.15) is 22.8 Å². The predicted octanol–water partition coefficient (Wildman–Crippen LogP) is 3.14. The lowest BCUT2D eigenvalue weighted by molar-refractivity contribution is -0.153. The second kappa shape index (κ2) is 4.55. The number of aryl methyl sites for hydroxylation is 1. The Hall–Kier alpha value is -1.52. The standard InChI is InChI=1S/C11H11F3O2/c1-7-5-9(16-6-11(12,13)14)3-4-10(7)8(2)15/h3-5H,6H2,1-2H3. The van der Waals surface area contributed by atoms with E-state index in [4.69, 9.17) is 0 Å². The summed E-state index contributed by atoms with van der Waals surface area (Å²) in [6, 6.07) is 4.24. The molecule has 1 aromatic carbocycles. The molecule has 5 heteroatoms. The topological polar surface area (TPSA) is 26.3 Å². The summed E-state index contributed by atoms with van der Waals surface area (Å²) in [5.41, 5.74) is 1.09. The number of carbonyl (C=O) groups is 1. The van der Waals surface area contributed by atoms with Gasteiger partial charge in [-0.25, -0.2) is 0 Å². The van der Waals surface area contributed by atoms with Gasteiger partial charge in [0.1, 0.15) is 5.75 Å². The highest BCUT2D eigenvalue weighted by molar-refractivity contribution is 5.95. The molecule has 0 radical (unpaired) electrons. The van der Waals surface area contributed by atoms with Gasteiger partial charge in [0.15, 0.2) is 12.4 Å². The molecule has 0 aliphatic heterocycles.